The Balaban J connectivity index is 1.70. The molecule has 0 spiro atoms. The van der Waals surface area contributed by atoms with Crippen molar-refractivity contribution in [2.24, 2.45) is 17.8 Å². The quantitative estimate of drug-likeness (QED) is 0.764. The van der Waals surface area contributed by atoms with E-state index in [0.717, 1.165) is 19.1 Å². The molecule has 0 amide bonds. The molecule has 1 unspecified atom stereocenters. The summed E-state index contributed by atoms with van der Waals surface area (Å²) in [6.07, 6.45) is 8.12. The lowest BCUT2D eigenvalue weighted by Crippen LogP contribution is -2.39. The highest BCUT2D eigenvalue weighted by Gasteiger charge is 2.24. The molecule has 1 N–H and O–H groups in total. The molecule has 2 fully saturated rings. The molecule has 3 nitrogen and oxygen atoms in total. The number of nitrogens with one attached hydrogen (secondary N) is 1. The number of ether oxygens (including phenoxy) is 1. The van der Waals surface area contributed by atoms with Gasteiger partial charge in [-0.25, -0.2) is 0 Å². The summed E-state index contributed by atoms with van der Waals surface area (Å²) in [6, 6.07) is 0. The van der Waals surface area contributed by atoms with Crippen LogP contribution in [0.25, 0.3) is 0 Å². The lowest BCUT2D eigenvalue weighted by molar-refractivity contribution is 0.0569. The van der Waals surface area contributed by atoms with Crippen molar-refractivity contribution in [3.05, 3.63) is 0 Å². The molecule has 0 bridgehead atoms. The van der Waals surface area contributed by atoms with E-state index in [9.17, 15) is 0 Å². The average molecular weight is 252 g/mol. The van der Waals surface area contributed by atoms with Crippen LogP contribution in [0.4, 0.5) is 0 Å². The van der Waals surface area contributed by atoms with Crippen molar-refractivity contribution in [2.45, 2.75) is 39.0 Å². The first-order valence-corrected chi connectivity index (χ1v) is 7.60. The van der Waals surface area contributed by atoms with Gasteiger partial charge in [-0.15, -0.1) is 0 Å². The van der Waals surface area contributed by atoms with Gasteiger partial charge in [0.1, 0.15) is 0 Å². The van der Waals surface area contributed by atoms with Crippen LogP contribution in [0.3, 0.4) is 0 Å². The molecular formula is C15H28N2O. The molecule has 2 heterocycles. The second kappa shape index (κ2) is 7.25. The van der Waals surface area contributed by atoms with E-state index in [1.807, 2.05) is 0 Å². The van der Waals surface area contributed by atoms with Gasteiger partial charge in [-0.05, 0) is 69.2 Å². The molecule has 2 rings (SSSR count). The van der Waals surface area contributed by atoms with Crippen LogP contribution >= 0.6 is 0 Å². The molecule has 0 aromatic carbocycles. The monoisotopic (exact) mass is 252 g/mol. The molecule has 2 aliphatic rings. The lowest BCUT2D eigenvalue weighted by atomic mass is 9.87. The predicted molar refractivity (Wildman–Crippen MR) is 75.3 cm³/mol. The van der Waals surface area contributed by atoms with Crippen molar-refractivity contribution in [2.75, 3.05) is 32.8 Å². The number of piperidine rings is 1. The third-order valence-electron chi connectivity index (χ3n) is 4.74. The van der Waals surface area contributed by atoms with Gasteiger partial charge < -0.3 is 15.0 Å². The predicted octanol–water partition coefficient (Wildman–Crippen LogP) is 2.80. The fourth-order valence-corrected chi connectivity index (χ4v) is 3.26. The van der Waals surface area contributed by atoms with E-state index < -0.39 is 0 Å². The number of nitrogens with zero attached hydrogens (tertiary/aromatic N) is 1. The minimum absolute atomic E-state index is 0.455. The van der Waals surface area contributed by atoms with Crippen LogP contribution < -0.4 is 0 Å². The van der Waals surface area contributed by atoms with E-state index in [4.69, 9.17) is 10.1 Å². The molecule has 2 saturated heterocycles. The summed E-state index contributed by atoms with van der Waals surface area (Å²) in [6.45, 7) is 7.87. The van der Waals surface area contributed by atoms with Crippen LogP contribution in [0.2, 0.25) is 0 Å². The van der Waals surface area contributed by atoms with Crippen molar-refractivity contribution in [3.8, 4) is 0 Å². The molecule has 2 atom stereocenters. The Labute approximate surface area is 111 Å². The molecule has 18 heavy (non-hydrogen) atoms. The maximum absolute atomic E-state index is 7.42. The van der Waals surface area contributed by atoms with E-state index in [1.165, 1.54) is 51.7 Å². The third-order valence-corrected chi connectivity index (χ3v) is 4.74. The molecule has 2 aliphatic heterocycles. The van der Waals surface area contributed by atoms with Crippen LogP contribution in [0.1, 0.15) is 39.0 Å². The van der Waals surface area contributed by atoms with Gasteiger partial charge in [0.05, 0.1) is 0 Å². The van der Waals surface area contributed by atoms with Crippen LogP contribution in [-0.4, -0.2) is 44.0 Å². The summed E-state index contributed by atoms with van der Waals surface area (Å²) >= 11 is 0. The second-order valence-corrected chi connectivity index (χ2v) is 6.07. The van der Waals surface area contributed by atoms with Gasteiger partial charge in [-0.1, -0.05) is 6.92 Å². The largest absolute Gasteiger partial charge is 0.381 e. The highest BCUT2D eigenvalue weighted by molar-refractivity contribution is 5.56. The van der Waals surface area contributed by atoms with Crippen molar-refractivity contribution in [1.82, 2.24) is 4.90 Å². The summed E-state index contributed by atoms with van der Waals surface area (Å²) in [5, 5.41) is 7.42. The van der Waals surface area contributed by atoms with Gasteiger partial charge in [0, 0.05) is 19.8 Å². The minimum atomic E-state index is 0.455. The zero-order chi connectivity index (χ0) is 12.8. The van der Waals surface area contributed by atoms with E-state index in [1.54, 1.807) is 6.21 Å². The summed E-state index contributed by atoms with van der Waals surface area (Å²) in [5.74, 6) is 2.06. The number of rotatable bonds is 5. The number of likely N-dealkylation sites (tertiary alicyclic amines) is 1. The Morgan fingerprint density at radius 2 is 2.11 bits per heavy atom. The van der Waals surface area contributed by atoms with Crippen LogP contribution in [0, 0.1) is 23.2 Å². The third kappa shape index (κ3) is 4.06. The SMILES string of the molecule is C[C@@H](C=N)C1CCCN(CCC2CCOCC2)C1. The Bertz CT molecular complexity index is 251. The Morgan fingerprint density at radius 3 is 2.83 bits per heavy atom. The molecule has 0 radical (unpaired) electrons. The maximum Gasteiger partial charge on any atom is 0.0468 e. The van der Waals surface area contributed by atoms with E-state index in [-0.39, 0.29) is 0 Å². The average Bonchev–Trinajstić information content (AvgIpc) is 2.45. The lowest BCUT2D eigenvalue weighted by Gasteiger charge is -2.35. The van der Waals surface area contributed by atoms with E-state index in [0.29, 0.717) is 11.8 Å². The van der Waals surface area contributed by atoms with Crippen molar-refractivity contribution < 1.29 is 4.74 Å². The molecular weight excluding hydrogens is 224 g/mol. The first-order chi connectivity index (χ1) is 8.79. The topological polar surface area (TPSA) is 36.3 Å². The molecule has 3 heteroatoms. The van der Waals surface area contributed by atoms with Crippen molar-refractivity contribution >= 4 is 6.21 Å². The Hall–Kier alpha value is -0.410. The van der Waals surface area contributed by atoms with Crippen LogP contribution in [-0.2, 0) is 4.74 Å². The van der Waals surface area contributed by atoms with Crippen LogP contribution in [0.15, 0.2) is 0 Å². The number of hydrogen-bond donors (Lipinski definition) is 1. The van der Waals surface area contributed by atoms with Gasteiger partial charge >= 0.3 is 0 Å². The Morgan fingerprint density at radius 1 is 1.33 bits per heavy atom. The highest BCUT2D eigenvalue weighted by Crippen LogP contribution is 2.24. The normalized spacial score (nSPS) is 29.1. The Kier molecular flexibility index (Phi) is 5.64. The fourth-order valence-electron chi connectivity index (χ4n) is 3.26. The number of hydrogen-bond acceptors (Lipinski definition) is 3. The van der Waals surface area contributed by atoms with Crippen molar-refractivity contribution in [1.29, 1.82) is 5.41 Å². The first kappa shape index (κ1) is 14.0. The van der Waals surface area contributed by atoms with Gasteiger partial charge in [-0.3, -0.25) is 0 Å². The van der Waals surface area contributed by atoms with Gasteiger partial charge in [0.15, 0.2) is 0 Å². The molecule has 0 aliphatic carbocycles. The molecule has 0 saturated carbocycles. The second-order valence-electron chi connectivity index (χ2n) is 6.07. The van der Waals surface area contributed by atoms with Gasteiger partial charge in [0.2, 0.25) is 0 Å². The molecule has 0 aromatic rings. The van der Waals surface area contributed by atoms with Gasteiger partial charge in [-0.2, -0.15) is 0 Å². The first-order valence-electron chi connectivity index (χ1n) is 7.60. The standard InChI is InChI=1S/C15H28N2O/c1-13(11-16)15-3-2-7-17(12-15)8-4-14-5-9-18-10-6-14/h11,13-16H,2-10,12H2,1H3/t13-,15?/m0/s1. The smallest absolute Gasteiger partial charge is 0.0468 e. The van der Waals surface area contributed by atoms with E-state index in [2.05, 4.69) is 11.8 Å². The summed E-state index contributed by atoms with van der Waals surface area (Å²) in [4.78, 5) is 2.63. The molecule has 104 valence electrons. The fraction of sp³-hybridized carbons (Fsp3) is 0.933. The minimum Gasteiger partial charge on any atom is -0.381 e. The zero-order valence-corrected chi connectivity index (χ0v) is 11.7. The maximum atomic E-state index is 7.42. The van der Waals surface area contributed by atoms with Crippen LogP contribution in [0.5, 0.6) is 0 Å². The van der Waals surface area contributed by atoms with Gasteiger partial charge in [0.25, 0.3) is 0 Å². The summed E-state index contributed by atoms with van der Waals surface area (Å²) in [5.41, 5.74) is 0. The summed E-state index contributed by atoms with van der Waals surface area (Å²) in [7, 11) is 0. The summed E-state index contributed by atoms with van der Waals surface area (Å²) < 4.78 is 5.42. The van der Waals surface area contributed by atoms with E-state index >= 15 is 0 Å². The highest BCUT2D eigenvalue weighted by atomic mass is 16.5. The molecule has 0 aromatic heterocycles. The van der Waals surface area contributed by atoms with Crippen molar-refractivity contribution in [3.63, 3.8) is 0 Å². The zero-order valence-electron chi connectivity index (χ0n) is 11.7.